The van der Waals surface area contributed by atoms with Crippen LogP contribution in [-0.2, 0) is 23.1 Å². The van der Waals surface area contributed by atoms with Crippen LogP contribution in [0.4, 0.5) is 0 Å². The number of hydrogen-bond donors (Lipinski definition) is 1. The second kappa shape index (κ2) is 5.23. The van der Waals surface area contributed by atoms with Gasteiger partial charge in [-0.25, -0.2) is 8.42 Å². The van der Waals surface area contributed by atoms with E-state index in [1.807, 2.05) is 12.1 Å². The molecule has 5 heteroatoms. The molecule has 0 amide bonds. The van der Waals surface area contributed by atoms with Crippen LogP contribution in [0.3, 0.4) is 0 Å². The molecular formula is C14H20N2O2S. The minimum absolute atomic E-state index is 0.455. The van der Waals surface area contributed by atoms with Crippen molar-refractivity contribution >= 4 is 10.0 Å². The zero-order valence-corrected chi connectivity index (χ0v) is 11.9. The van der Waals surface area contributed by atoms with Crippen molar-refractivity contribution in [3.63, 3.8) is 0 Å². The summed E-state index contributed by atoms with van der Waals surface area (Å²) >= 11 is 0. The number of sulfonamides is 1. The molecule has 2 heterocycles. The van der Waals surface area contributed by atoms with E-state index in [0.717, 1.165) is 44.3 Å². The first-order valence-electron chi connectivity index (χ1n) is 7.00. The summed E-state index contributed by atoms with van der Waals surface area (Å²) in [6.07, 6.45) is 4.23. The summed E-state index contributed by atoms with van der Waals surface area (Å²) in [5.74, 6) is 0. The predicted molar refractivity (Wildman–Crippen MR) is 74.2 cm³/mol. The highest BCUT2D eigenvalue weighted by Crippen LogP contribution is 2.24. The summed E-state index contributed by atoms with van der Waals surface area (Å²) in [7, 11) is -3.30. The molecule has 1 aromatic rings. The third kappa shape index (κ3) is 2.55. The van der Waals surface area contributed by atoms with Crippen LogP contribution >= 0.6 is 0 Å². The second-order valence-electron chi connectivity index (χ2n) is 5.35. The molecule has 0 spiro atoms. The lowest BCUT2D eigenvalue weighted by molar-refractivity contribution is 0.423. The molecule has 1 aromatic carbocycles. The third-order valence-electron chi connectivity index (χ3n) is 4.01. The fraction of sp³-hybridized carbons (Fsp3) is 0.571. The lowest BCUT2D eigenvalue weighted by Crippen LogP contribution is -2.32. The summed E-state index contributed by atoms with van der Waals surface area (Å²) in [6.45, 7) is 2.95. The van der Waals surface area contributed by atoms with Gasteiger partial charge in [0, 0.05) is 26.2 Å². The molecule has 19 heavy (non-hydrogen) atoms. The minimum atomic E-state index is -3.30. The average molecular weight is 280 g/mol. The van der Waals surface area contributed by atoms with Crippen molar-refractivity contribution in [2.45, 2.75) is 43.7 Å². The molecule has 4 nitrogen and oxygen atoms in total. The van der Waals surface area contributed by atoms with E-state index in [2.05, 4.69) is 5.32 Å². The SMILES string of the molecule is O=S(=O)(c1ccc2c(c1)CNC2)N1CCCCCC1. The Morgan fingerprint density at radius 2 is 1.63 bits per heavy atom. The quantitative estimate of drug-likeness (QED) is 0.899. The van der Waals surface area contributed by atoms with Gasteiger partial charge in [0.2, 0.25) is 10.0 Å². The number of benzene rings is 1. The van der Waals surface area contributed by atoms with Crippen LogP contribution < -0.4 is 5.32 Å². The number of rotatable bonds is 2. The predicted octanol–water partition coefficient (Wildman–Crippen LogP) is 1.85. The van der Waals surface area contributed by atoms with Crippen molar-refractivity contribution in [2.24, 2.45) is 0 Å². The highest BCUT2D eigenvalue weighted by molar-refractivity contribution is 7.89. The molecule has 3 rings (SSSR count). The Balaban J connectivity index is 1.90. The maximum atomic E-state index is 12.6. The largest absolute Gasteiger partial charge is 0.309 e. The molecule has 1 saturated heterocycles. The van der Waals surface area contributed by atoms with Crippen LogP contribution in [0.1, 0.15) is 36.8 Å². The topological polar surface area (TPSA) is 49.4 Å². The van der Waals surface area contributed by atoms with Crippen LogP contribution in [0.15, 0.2) is 23.1 Å². The van der Waals surface area contributed by atoms with Gasteiger partial charge in [0.15, 0.2) is 0 Å². The third-order valence-corrected chi connectivity index (χ3v) is 5.91. The number of nitrogens with one attached hydrogen (secondary N) is 1. The zero-order chi connectivity index (χ0) is 13.3. The summed E-state index contributed by atoms with van der Waals surface area (Å²) in [4.78, 5) is 0.455. The normalized spacial score (nSPS) is 21.1. The van der Waals surface area contributed by atoms with Crippen LogP contribution in [0, 0.1) is 0 Å². The highest BCUT2D eigenvalue weighted by atomic mass is 32.2. The van der Waals surface area contributed by atoms with Gasteiger partial charge < -0.3 is 5.32 Å². The zero-order valence-electron chi connectivity index (χ0n) is 11.1. The summed E-state index contributed by atoms with van der Waals surface area (Å²) in [5.41, 5.74) is 2.34. The number of hydrogen-bond acceptors (Lipinski definition) is 3. The van der Waals surface area contributed by atoms with Crippen LogP contribution in [0.5, 0.6) is 0 Å². The molecule has 1 N–H and O–H groups in total. The Bertz CT molecular complexity index is 561. The van der Waals surface area contributed by atoms with Crippen molar-refractivity contribution in [1.82, 2.24) is 9.62 Å². The van der Waals surface area contributed by atoms with Crippen LogP contribution in [0.25, 0.3) is 0 Å². The van der Waals surface area contributed by atoms with E-state index in [9.17, 15) is 8.42 Å². The van der Waals surface area contributed by atoms with Crippen LogP contribution in [0.2, 0.25) is 0 Å². The van der Waals surface area contributed by atoms with Gasteiger partial charge in [0.05, 0.1) is 4.90 Å². The Morgan fingerprint density at radius 1 is 0.947 bits per heavy atom. The lowest BCUT2D eigenvalue weighted by Gasteiger charge is -2.20. The number of nitrogens with zero attached hydrogens (tertiary/aromatic N) is 1. The Hall–Kier alpha value is -0.910. The summed E-state index contributed by atoms with van der Waals surface area (Å²) < 4.78 is 26.9. The molecule has 0 aliphatic carbocycles. The molecule has 0 aromatic heterocycles. The van der Waals surface area contributed by atoms with Gasteiger partial charge in [-0.2, -0.15) is 4.31 Å². The maximum Gasteiger partial charge on any atom is 0.243 e. The van der Waals surface area contributed by atoms with E-state index in [-0.39, 0.29) is 0 Å². The first-order valence-corrected chi connectivity index (χ1v) is 8.44. The molecular weight excluding hydrogens is 260 g/mol. The van der Waals surface area contributed by atoms with E-state index in [0.29, 0.717) is 18.0 Å². The summed E-state index contributed by atoms with van der Waals surface area (Å²) in [6, 6.07) is 5.54. The average Bonchev–Trinajstić information content (AvgIpc) is 2.69. The van der Waals surface area contributed by atoms with Crippen molar-refractivity contribution < 1.29 is 8.42 Å². The van der Waals surface area contributed by atoms with Crippen molar-refractivity contribution in [3.05, 3.63) is 29.3 Å². The van der Waals surface area contributed by atoms with E-state index >= 15 is 0 Å². The number of fused-ring (bicyclic) bond motifs is 1. The molecule has 104 valence electrons. The van der Waals surface area contributed by atoms with Gasteiger partial charge in [-0.15, -0.1) is 0 Å². The molecule has 0 bridgehead atoms. The first kappa shape index (κ1) is 13.1. The molecule has 0 unspecified atom stereocenters. The second-order valence-corrected chi connectivity index (χ2v) is 7.29. The molecule has 0 atom stereocenters. The van der Waals surface area contributed by atoms with Crippen LogP contribution in [-0.4, -0.2) is 25.8 Å². The highest BCUT2D eigenvalue weighted by Gasteiger charge is 2.26. The Labute approximate surface area is 114 Å². The fourth-order valence-corrected chi connectivity index (χ4v) is 4.43. The monoisotopic (exact) mass is 280 g/mol. The standard InChI is InChI=1S/C14H20N2O2S/c17-19(18,16-7-3-1-2-4-8-16)14-6-5-12-10-15-11-13(12)9-14/h5-6,9,15H,1-4,7-8,10-11H2. The lowest BCUT2D eigenvalue weighted by atomic mass is 10.1. The van der Waals surface area contributed by atoms with E-state index in [1.165, 1.54) is 5.56 Å². The first-order chi connectivity index (χ1) is 9.18. The smallest absolute Gasteiger partial charge is 0.243 e. The van der Waals surface area contributed by atoms with Crippen molar-refractivity contribution in [3.8, 4) is 0 Å². The molecule has 1 fully saturated rings. The van der Waals surface area contributed by atoms with Gasteiger partial charge >= 0.3 is 0 Å². The fourth-order valence-electron chi connectivity index (χ4n) is 2.86. The van der Waals surface area contributed by atoms with Crippen molar-refractivity contribution in [1.29, 1.82) is 0 Å². The molecule has 2 aliphatic rings. The van der Waals surface area contributed by atoms with Gasteiger partial charge in [-0.05, 0) is 36.1 Å². The maximum absolute atomic E-state index is 12.6. The van der Waals surface area contributed by atoms with E-state index < -0.39 is 10.0 Å². The van der Waals surface area contributed by atoms with E-state index in [4.69, 9.17) is 0 Å². The van der Waals surface area contributed by atoms with Gasteiger partial charge in [0.1, 0.15) is 0 Å². The molecule has 0 radical (unpaired) electrons. The molecule has 2 aliphatic heterocycles. The van der Waals surface area contributed by atoms with Gasteiger partial charge in [-0.3, -0.25) is 0 Å². The minimum Gasteiger partial charge on any atom is -0.309 e. The van der Waals surface area contributed by atoms with Gasteiger partial charge in [-0.1, -0.05) is 18.9 Å². The Morgan fingerprint density at radius 3 is 2.37 bits per heavy atom. The van der Waals surface area contributed by atoms with Gasteiger partial charge in [0.25, 0.3) is 0 Å². The molecule has 0 saturated carbocycles. The Kier molecular flexibility index (Phi) is 3.60. The van der Waals surface area contributed by atoms with Crippen molar-refractivity contribution in [2.75, 3.05) is 13.1 Å². The summed E-state index contributed by atoms with van der Waals surface area (Å²) in [5, 5.41) is 3.25. The van der Waals surface area contributed by atoms with E-state index in [1.54, 1.807) is 10.4 Å².